The summed E-state index contributed by atoms with van der Waals surface area (Å²) in [5, 5.41) is 11.8. The fraction of sp³-hybridized carbons (Fsp3) is 0.593. The molecule has 2 fully saturated rings. The van der Waals surface area contributed by atoms with Crippen molar-refractivity contribution in [2.24, 2.45) is 28.6 Å². The molecule has 2 saturated carbocycles. The molecule has 4 heteroatoms. The SMILES string of the molecule is CN(c1ccccc1)c1nc2c(s1)C1=CC[C@H]3[C@@H]4CC[C@H](O)[C@@]4(C)CC[C@@H]3[C@@]1(C)CC2. The van der Waals surface area contributed by atoms with Crippen LogP contribution in [0, 0.1) is 28.6 Å². The summed E-state index contributed by atoms with van der Waals surface area (Å²) in [6, 6.07) is 10.6. The molecule has 1 aromatic carbocycles. The molecule has 1 aromatic heterocycles. The standard InChI is InChI=1S/C27H34N2OS/c1-26-16-14-22-24(31-25(28-22)29(3)17-7-5-4-6-8-17)21(26)10-9-18-19-11-12-23(30)27(19,2)15-13-20(18)26/h4-8,10,18-20,23,30H,9,11-16H2,1-3H3/t18-,19-,20-,23-,26+,27-/m0/s1. The highest BCUT2D eigenvalue weighted by Gasteiger charge is 2.58. The first-order valence-electron chi connectivity index (χ1n) is 12.1. The van der Waals surface area contributed by atoms with E-state index in [1.54, 1.807) is 5.57 Å². The van der Waals surface area contributed by atoms with E-state index in [-0.39, 0.29) is 16.9 Å². The average Bonchev–Trinajstić information content (AvgIpc) is 3.34. The highest BCUT2D eigenvalue weighted by Crippen LogP contribution is 2.66. The lowest BCUT2D eigenvalue weighted by atomic mass is 9.48. The number of para-hydroxylation sites is 1. The van der Waals surface area contributed by atoms with Gasteiger partial charge in [0.1, 0.15) is 0 Å². The first-order chi connectivity index (χ1) is 14.9. The Hall–Kier alpha value is -1.65. The lowest BCUT2D eigenvalue weighted by Crippen LogP contribution is -2.50. The second-order valence-electron chi connectivity index (χ2n) is 11.0. The minimum atomic E-state index is -0.0906. The van der Waals surface area contributed by atoms with Crippen molar-refractivity contribution in [1.29, 1.82) is 0 Å². The number of aromatic nitrogens is 1. The second-order valence-corrected chi connectivity index (χ2v) is 11.9. The zero-order chi connectivity index (χ0) is 21.4. The molecule has 1 heterocycles. The number of allylic oxidation sites excluding steroid dienone is 2. The van der Waals surface area contributed by atoms with Gasteiger partial charge in [0.2, 0.25) is 0 Å². The van der Waals surface area contributed by atoms with Gasteiger partial charge in [-0.2, -0.15) is 0 Å². The third-order valence-electron chi connectivity index (χ3n) is 9.66. The minimum Gasteiger partial charge on any atom is -0.393 e. The van der Waals surface area contributed by atoms with Crippen LogP contribution in [-0.4, -0.2) is 23.2 Å². The summed E-state index contributed by atoms with van der Waals surface area (Å²) < 4.78 is 0. The van der Waals surface area contributed by atoms with Crippen molar-refractivity contribution in [3.05, 3.63) is 47.0 Å². The van der Waals surface area contributed by atoms with Crippen molar-refractivity contribution in [3.8, 4) is 0 Å². The first-order valence-corrected chi connectivity index (χ1v) is 12.9. The van der Waals surface area contributed by atoms with Crippen LogP contribution in [0.2, 0.25) is 0 Å². The minimum absolute atomic E-state index is 0.0906. The Kier molecular flexibility index (Phi) is 4.46. The predicted molar refractivity (Wildman–Crippen MR) is 129 cm³/mol. The van der Waals surface area contributed by atoms with Gasteiger partial charge in [-0.05, 0) is 91.2 Å². The van der Waals surface area contributed by atoms with Crippen LogP contribution in [0.4, 0.5) is 10.8 Å². The van der Waals surface area contributed by atoms with E-state index in [0.29, 0.717) is 5.92 Å². The summed E-state index contributed by atoms with van der Waals surface area (Å²) in [4.78, 5) is 8.78. The van der Waals surface area contributed by atoms with Crippen LogP contribution in [0.3, 0.4) is 0 Å². The number of nitrogens with zero attached hydrogens (tertiary/aromatic N) is 2. The normalized spacial score (nSPS) is 38.5. The molecule has 0 spiro atoms. The van der Waals surface area contributed by atoms with Gasteiger partial charge in [0.15, 0.2) is 5.13 Å². The number of benzene rings is 1. The van der Waals surface area contributed by atoms with Crippen molar-refractivity contribution in [1.82, 2.24) is 4.98 Å². The molecule has 164 valence electrons. The molecule has 2 aromatic rings. The third kappa shape index (κ3) is 2.77. The van der Waals surface area contributed by atoms with Crippen LogP contribution in [0.5, 0.6) is 0 Å². The van der Waals surface area contributed by atoms with E-state index in [2.05, 4.69) is 62.2 Å². The van der Waals surface area contributed by atoms with Gasteiger partial charge in [0, 0.05) is 12.7 Å². The lowest BCUT2D eigenvalue weighted by molar-refractivity contribution is -0.0579. The van der Waals surface area contributed by atoms with Gasteiger partial charge in [-0.1, -0.05) is 49.5 Å². The van der Waals surface area contributed by atoms with Gasteiger partial charge in [-0.25, -0.2) is 4.98 Å². The molecule has 3 nitrogen and oxygen atoms in total. The molecule has 0 unspecified atom stereocenters. The van der Waals surface area contributed by atoms with Crippen LogP contribution < -0.4 is 4.90 Å². The monoisotopic (exact) mass is 434 g/mol. The van der Waals surface area contributed by atoms with Gasteiger partial charge >= 0.3 is 0 Å². The molecule has 0 aliphatic heterocycles. The Morgan fingerprint density at radius 3 is 2.68 bits per heavy atom. The molecule has 0 amide bonds. The smallest absolute Gasteiger partial charge is 0.190 e. The van der Waals surface area contributed by atoms with Crippen LogP contribution in [0.15, 0.2) is 36.4 Å². The molecule has 0 saturated heterocycles. The number of fused-ring (bicyclic) bond motifs is 7. The molecular weight excluding hydrogens is 400 g/mol. The van der Waals surface area contributed by atoms with Crippen molar-refractivity contribution in [2.45, 2.75) is 64.9 Å². The van der Waals surface area contributed by atoms with E-state index in [1.165, 1.54) is 48.4 Å². The summed E-state index contributed by atoms with van der Waals surface area (Å²) >= 11 is 1.89. The van der Waals surface area contributed by atoms with Crippen molar-refractivity contribution >= 4 is 27.7 Å². The number of aliphatic hydroxyl groups is 1. The van der Waals surface area contributed by atoms with Crippen molar-refractivity contribution < 1.29 is 5.11 Å². The van der Waals surface area contributed by atoms with E-state index in [0.717, 1.165) is 29.8 Å². The Morgan fingerprint density at radius 1 is 1.06 bits per heavy atom. The summed E-state index contributed by atoms with van der Waals surface area (Å²) in [5.74, 6) is 2.19. The summed E-state index contributed by atoms with van der Waals surface area (Å²) in [6.07, 6.45) is 10.7. The summed E-state index contributed by atoms with van der Waals surface area (Å²) in [5.41, 5.74) is 4.50. The Morgan fingerprint density at radius 2 is 1.87 bits per heavy atom. The maximum atomic E-state index is 10.7. The lowest BCUT2D eigenvalue weighted by Gasteiger charge is -2.56. The first kappa shape index (κ1) is 20.0. The summed E-state index contributed by atoms with van der Waals surface area (Å²) in [7, 11) is 2.14. The Balaban J connectivity index is 1.36. The van der Waals surface area contributed by atoms with Crippen molar-refractivity contribution in [2.75, 3.05) is 11.9 Å². The average molecular weight is 435 g/mol. The second kappa shape index (κ2) is 6.92. The third-order valence-corrected chi connectivity index (χ3v) is 10.9. The molecule has 4 aliphatic carbocycles. The van der Waals surface area contributed by atoms with E-state index in [1.807, 2.05) is 11.3 Å². The molecule has 0 radical (unpaired) electrons. The van der Waals surface area contributed by atoms with Gasteiger partial charge in [0.25, 0.3) is 0 Å². The van der Waals surface area contributed by atoms with E-state index in [4.69, 9.17) is 4.98 Å². The van der Waals surface area contributed by atoms with Gasteiger partial charge in [0.05, 0.1) is 16.7 Å². The Bertz CT molecular complexity index is 1030. The van der Waals surface area contributed by atoms with Gasteiger partial charge in [-0.3, -0.25) is 0 Å². The van der Waals surface area contributed by atoms with Gasteiger partial charge in [-0.15, -0.1) is 0 Å². The van der Waals surface area contributed by atoms with Crippen LogP contribution >= 0.6 is 11.3 Å². The molecule has 6 atom stereocenters. The highest BCUT2D eigenvalue weighted by molar-refractivity contribution is 7.16. The number of rotatable bonds is 2. The molecular formula is C27H34N2OS. The largest absolute Gasteiger partial charge is 0.393 e. The number of hydrogen-bond acceptors (Lipinski definition) is 4. The number of hydrogen-bond donors (Lipinski definition) is 1. The molecule has 6 rings (SSSR count). The van der Waals surface area contributed by atoms with E-state index >= 15 is 0 Å². The zero-order valence-electron chi connectivity index (χ0n) is 19.0. The zero-order valence-corrected chi connectivity index (χ0v) is 19.8. The van der Waals surface area contributed by atoms with Crippen molar-refractivity contribution in [3.63, 3.8) is 0 Å². The maximum absolute atomic E-state index is 10.7. The molecule has 4 aliphatic rings. The number of thiazole rings is 1. The van der Waals surface area contributed by atoms with E-state index < -0.39 is 0 Å². The fourth-order valence-electron chi connectivity index (χ4n) is 7.74. The summed E-state index contributed by atoms with van der Waals surface area (Å²) in [6.45, 7) is 4.92. The molecule has 0 bridgehead atoms. The number of aliphatic hydroxyl groups excluding tert-OH is 1. The fourth-order valence-corrected chi connectivity index (χ4v) is 9.01. The quantitative estimate of drug-likeness (QED) is 0.590. The number of aryl methyl sites for hydroxylation is 1. The molecule has 31 heavy (non-hydrogen) atoms. The predicted octanol–water partition coefficient (Wildman–Crippen LogP) is 6.45. The number of anilines is 2. The van der Waals surface area contributed by atoms with Crippen LogP contribution in [0.1, 0.15) is 62.9 Å². The van der Waals surface area contributed by atoms with Crippen LogP contribution in [-0.2, 0) is 6.42 Å². The molecule has 1 N–H and O–H groups in total. The van der Waals surface area contributed by atoms with E-state index in [9.17, 15) is 5.11 Å². The van der Waals surface area contributed by atoms with Gasteiger partial charge < -0.3 is 10.0 Å². The topological polar surface area (TPSA) is 36.4 Å². The highest BCUT2D eigenvalue weighted by atomic mass is 32.1. The maximum Gasteiger partial charge on any atom is 0.190 e. The Labute approximate surface area is 190 Å². The van der Waals surface area contributed by atoms with Crippen LogP contribution in [0.25, 0.3) is 5.57 Å².